The number of benzene rings is 1. The van der Waals surface area contributed by atoms with Crippen molar-refractivity contribution in [3.8, 4) is 0 Å². The molecule has 0 radical (unpaired) electrons. The summed E-state index contributed by atoms with van der Waals surface area (Å²) in [6, 6.07) is 4.62. The lowest BCUT2D eigenvalue weighted by atomic mass is 10.0. The van der Waals surface area contributed by atoms with Gasteiger partial charge in [-0.3, -0.25) is 14.9 Å². The average Bonchev–Trinajstić information content (AvgIpc) is 3.11. The third-order valence-electron chi connectivity index (χ3n) is 3.62. The van der Waals surface area contributed by atoms with Crippen LogP contribution in [0.1, 0.15) is 18.4 Å². The number of halogens is 1. The first-order valence-electron chi connectivity index (χ1n) is 5.92. The van der Waals surface area contributed by atoms with Crippen molar-refractivity contribution in [1.82, 2.24) is 5.32 Å². The van der Waals surface area contributed by atoms with E-state index in [1.54, 1.807) is 12.1 Å². The molecule has 2 fully saturated rings. The Morgan fingerprint density at radius 2 is 1.95 bits per heavy atom. The van der Waals surface area contributed by atoms with Crippen LogP contribution in [-0.4, -0.2) is 17.8 Å². The van der Waals surface area contributed by atoms with Crippen LogP contribution in [-0.2, 0) is 9.59 Å². The summed E-state index contributed by atoms with van der Waals surface area (Å²) in [5.41, 5.74) is 0.306. The quantitative estimate of drug-likeness (QED) is 0.805. The van der Waals surface area contributed by atoms with Crippen molar-refractivity contribution in [2.45, 2.75) is 19.8 Å². The lowest BCUT2D eigenvalue weighted by Gasteiger charge is -2.31. The van der Waals surface area contributed by atoms with Gasteiger partial charge in [-0.2, -0.15) is 0 Å². The van der Waals surface area contributed by atoms with Crippen LogP contribution in [0.2, 0.25) is 0 Å². The number of amides is 4. The van der Waals surface area contributed by atoms with Crippen LogP contribution in [0.15, 0.2) is 22.7 Å². The number of carbonyl (C=O) groups excluding carboxylic acids is 3. The molecule has 5 nitrogen and oxygen atoms in total. The fraction of sp³-hybridized carbons (Fsp3) is 0.308. The van der Waals surface area contributed by atoms with Crippen LogP contribution in [0.3, 0.4) is 0 Å². The summed E-state index contributed by atoms with van der Waals surface area (Å²) in [6.45, 7) is 1.82. The first-order valence-corrected chi connectivity index (χ1v) is 6.71. The van der Waals surface area contributed by atoms with Crippen LogP contribution < -0.4 is 10.2 Å². The zero-order chi connectivity index (χ0) is 13.8. The van der Waals surface area contributed by atoms with Crippen molar-refractivity contribution in [2.75, 3.05) is 4.90 Å². The van der Waals surface area contributed by atoms with Crippen molar-refractivity contribution in [3.63, 3.8) is 0 Å². The highest BCUT2D eigenvalue weighted by atomic mass is 79.9. The van der Waals surface area contributed by atoms with Gasteiger partial charge >= 0.3 is 6.03 Å². The summed E-state index contributed by atoms with van der Waals surface area (Å²) in [6.07, 6.45) is 1.02. The molecule has 2 aliphatic rings. The van der Waals surface area contributed by atoms with Crippen LogP contribution in [0.4, 0.5) is 10.5 Å². The summed E-state index contributed by atoms with van der Waals surface area (Å²) in [5, 5.41) is 2.27. The van der Waals surface area contributed by atoms with Crippen LogP contribution in [0, 0.1) is 12.3 Å². The van der Waals surface area contributed by atoms with Crippen molar-refractivity contribution in [3.05, 3.63) is 28.2 Å². The molecule has 0 bridgehead atoms. The number of hydrogen-bond donors (Lipinski definition) is 1. The molecule has 6 heteroatoms. The third kappa shape index (κ3) is 1.70. The highest BCUT2D eigenvalue weighted by Gasteiger charge is 2.62. The lowest BCUT2D eigenvalue weighted by Crippen LogP contribution is -2.59. The van der Waals surface area contributed by atoms with E-state index < -0.39 is 23.3 Å². The van der Waals surface area contributed by atoms with Gasteiger partial charge in [0, 0.05) is 4.47 Å². The Balaban J connectivity index is 2.06. The van der Waals surface area contributed by atoms with Gasteiger partial charge in [0.05, 0.1) is 5.69 Å². The molecule has 1 aromatic rings. The van der Waals surface area contributed by atoms with Crippen molar-refractivity contribution < 1.29 is 14.4 Å². The first kappa shape index (κ1) is 12.3. The average molecular weight is 323 g/mol. The number of anilines is 1. The van der Waals surface area contributed by atoms with Crippen molar-refractivity contribution in [2.24, 2.45) is 5.41 Å². The zero-order valence-corrected chi connectivity index (χ0v) is 11.8. The maximum atomic E-state index is 12.4. The SMILES string of the molecule is Cc1cc(Br)ccc1N1C(=O)NC(=O)C2(CC2)C1=O. The third-order valence-corrected chi connectivity index (χ3v) is 4.11. The lowest BCUT2D eigenvalue weighted by molar-refractivity contribution is -0.136. The molecule has 98 valence electrons. The molecule has 1 aliphatic heterocycles. The minimum absolute atomic E-state index is 0.410. The molecule has 0 unspecified atom stereocenters. The van der Waals surface area contributed by atoms with E-state index in [4.69, 9.17) is 0 Å². The van der Waals surface area contributed by atoms with Crippen LogP contribution >= 0.6 is 15.9 Å². The molecular weight excluding hydrogens is 312 g/mol. The number of barbiturate groups is 1. The van der Waals surface area contributed by atoms with Crippen LogP contribution in [0.25, 0.3) is 0 Å². The van der Waals surface area contributed by atoms with E-state index in [0.29, 0.717) is 18.5 Å². The summed E-state index contributed by atoms with van der Waals surface area (Å²) >= 11 is 3.34. The molecule has 1 saturated carbocycles. The van der Waals surface area contributed by atoms with Gasteiger partial charge in [-0.25, -0.2) is 9.69 Å². The minimum Gasteiger partial charge on any atom is -0.276 e. The second kappa shape index (κ2) is 3.90. The largest absolute Gasteiger partial charge is 0.335 e. The van der Waals surface area contributed by atoms with Gasteiger partial charge in [-0.15, -0.1) is 0 Å². The monoisotopic (exact) mass is 322 g/mol. The Kier molecular flexibility index (Phi) is 2.53. The van der Waals surface area contributed by atoms with E-state index in [1.165, 1.54) is 0 Å². The number of aryl methyl sites for hydroxylation is 1. The fourth-order valence-electron chi connectivity index (χ4n) is 2.33. The summed E-state index contributed by atoms with van der Waals surface area (Å²) in [7, 11) is 0. The maximum Gasteiger partial charge on any atom is 0.335 e. The van der Waals surface area contributed by atoms with Crippen molar-refractivity contribution in [1.29, 1.82) is 0 Å². The molecule has 0 atom stereocenters. The standard InChI is InChI=1S/C13H11BrN2O3/c1-7-6-8(14)2-3-9(7)16-11(18)13(4-5-13)10(17)15-12(16)19/h2-3,6H,4-5H2,1H3,(H,15,17,19). The van der Waals surface area contributed by atoms with Gasteiger partial charge in [0.25, 0.3) is 5.91 Å². The Hall–Kier alpha value is -1.69. The van der Waals surface area contributed by atoms with Gasteiger partial charge in [0.2, 0.25) is 5.91 Å². The van der Waals surface area contributed by atoms with Gasteiger partial charge < -0.3 is 0 Å². The molecule has 1 N–H and O–H groups in total. The fourth-order valence-corrected chi connectivity index (χ4v) is 2.81. The number of urea groups is 1. The Morgan fingerprint density at radius 3 is 2.53 bits per heavy atom. The summed E-state index contributed by atoms with van der Waals surface area (Å²) in [5.74, 6) is -0.875. The molecule has 1 aliphatic carbocycles. The number of imide groups is 2. The number of nitrogens with zero attached hydrogens (tertiary/aromatic N) is 1. The van der Waals surface area contributed by atoms with Crippen molar-refractivity contribution >= 4 is 39.5 Å². The maximum absolute atomic E-state index is 12.4. The number of carbonyl (C=O) groups is 3. The highest BCUT2D eigenvalue weighted by molar-refractivity contribution is 9.10. The first-order chi connectivity index (χ1) is 8.95. The smallest absolute Gasteiger partial charge is 0.276 e. The molecule has 1 aromatic carbocycles. The molecule has 3 rings (SSSR count). The molecule has 19 heavy (non-hydrogen) atoms. The number of hydrogen-bond acceptors (Lipinski definition) is 3. The van der Waals surface area contributed by atoms with E-state index in [1.807, 2.05) is 13.0 Å². The van der Waals surface area contributed by atoms with Gasteiger partial charge in [0.15, 0.2) is 0 Å². The predicted molar refractivity (Wildman–Crippen MR) is 71.6 cm³/mol. The second-order valence-corrected chi connectivity index (χ2v) is 5.83. The Morgan fingerprint density at radius 1 is 1.26 bits per heavy atom. The Bertz CT molecular complexity index is 622. The molecule has 4 amide bonds. The molecular formula is C13H11BrN2O3. The van der Waals surface area contributed by atoms with Gasteiger partial charge in [0.1, 0.15) is 5.41 Å². The van der Waals surface area contributed by atoms with Gasteiger partial charge in [-0.1, -0.05) is 15.9 Å². The van der Waals surface area contributed by atoms with Gasteiger partial charge in [-0.05, 0) is 43.5 Å². The summed E-state index contributed by atoms with van der Waals surface area (Å²) in [4.78, 5) is 37.1. The van der Waals surface area contributed by atoms with E-state index in [2.05, 4.69) is 21.2 Å². The predicted octanol–water partition coefficient (Wildman–Crippen LogP) is 2.12. The second-order valence-electron chi connectivity index (χ2n) is 4.91. The summed E-state index contributed by atoms with van der Waals surface area (Å²) < 4.78 is 0.871. The zero-order valence-electron chi connectivity index (χ0n) is 10.2. The molecule has 0 aromatic heterocycles. The highest BCUT2D eigenvalue weighted by Crippen LogP contribution is 2.49. The molecule has 1 spiro atoms. The normalized spacial score (nSPS) is 20.7. The number of nitrogens with one attached hydrogen (secondary N) is 1. The van der Waals surface area contributed by atoms with E-state index >= 15 is 0 Å². The minimum atomic E-state index is -1.01. The topological polar surface area (TPSA) is 66.5 Å². The van der Waals surface area contributed by atoms with Crippen LogP contribution in [0.5, 0.6) is 0 Å². The molecule has 1 heterocycles. The number of rotatable bonds is 1. The van der Waals surface area contributed by atoms with E-state index in [0.717, 1.165) is 14.9 Å². The van der Waals surface area contributed by atoms with E-state index in [-0.39, 0.29) is 0 Å². The Labute approximate surface area is 118 Å². The van der Waals surface area contributed by atoms with E-state index in [9.17, 15) is 14.4 Å². The molecule has 1 saturated heterocycles.